The number of aliphatic hydroxyl groups is 1. The Morgan fingerprint density at radius 3 is 2.20 bits per heavy atom. The average Bonchev–Trinajstić information content (AvgIpc) is 2.18. The third kappa shape index (κ3) is 5.50. The molecular formula is C12H27NO2. The fourth-order valence-electron chi connectivity index (χ4n) is 2.12. The lowest BCUT2D eigenvalue weighted by molar-refractivity contribution is 0.0182. The minimum absolute atomic E-state index is 0.182. The molecule has 0 saturated carbocycles. The molecule has 0 amide bonds. The van der Waals surface area contributed by atoms with Crippen molar-refractivity contribution in [3.05, 3.63) is 0 Å². The van der Waals surface area contributed by atoms with E-state index >= 15 is 0 Å². The molecule has 0 aromatic heterocycles. The second-order valence-corrected chi connectivity index (χ2v) is 4.32. The molecule has 3 heteroatoms. The zero-order valence-corrected chi connectivity index (χ0v) is 10.8. The van der Waals surface area contributed by atoms with Crippen molar-refractivity contribution in [1.29, 1.82) is 0 Å². The van der Waals surface area contributed by atoms with Gasteiger partial charge in [-0.3, -0.25) is 5.32 Å². The topological polar surface area (TPSA) is 41.5 Å². The first-order chi connectivity index (χ1) is 7.06. The van der Waals surface area contributed by atoms with E-state index in [-0.39, 0.29) is 12.1 Å². The van der Waals surface area contributed by atoms with Crippen molar-refractivity contribution in [3.8, 4) is 0 Å². The van der Waals surface area contributed by atoms with Crippen LogP contribution in [0.3, 0.4) is 0 Å². The summed E-state index contributed by atoms with van der Waals surface area (Å²) in [5.74, 6) is 0.523. The molecule has 0 heterocycles. The van der Waals surface area contributed by atoms with Crippen LogP contribution >= 0.6 is 0 Å². The molecule has 92 valence electrons. The lowest BCUT2D eigenvalue weighted by Crippen LogP contribution is -2.48. The molecule has 15 heavy (non-hydrogen) atoms. The second-order valence-electron chi connectivity index (χ2n) is 4.32. The van der Waals surface area contributed by atoms with Crippen LogP contribution < -0.4 is 5.32 Å². The minimum Gasteiger partial charge on any atom is -0.380 e. The summed E-state index contributed by atoms with van der Waals surface area (Å²) < 4.78 is 5.46. The van der Waals surface area contributed by atoms with Crippen LogP contribution in [0.2, 0.25) is 0 Å². The molecule has 0 bridgehead atoms. The van der Waals surface area contributed by atoms with Gasteiger partial charge in [-0.15, -0.1) is 0 Å². The summed E-state index contributed by atoms with van der Waals surface area (Å²) in [5.41, 5.74) is 0. The lowest BCUT2D eigenvalue weighted by Gasteiger charge is -2.32. The Morgan fingerprint density at radius 2 is 1.87 bits per heavy atom. The lowest BCUT2D eigenvalue weighted by atomic mass is 9.91. The van der Waals surface area contributed by atoms with Gasteiger partial charge >= 0.3 is 0 Å². The molecule has 0 aromatic rings. The highest BCUT2D eigenvalue weighted by atomic mass is 16.5. The van der Waals surface area contributed by atoms with Crippen molar-refractivity contribution in [2.75, 3.05) is 7.11 Å². The molecule has 0 aliphatic heterocycles. The van der Waals surface area contributed by atoms with Gasteiger partial charge in [-0.1, -0.05) is 27.2 Å². The third-order valence-corrected chi connectivity index (χ3v) is 2.90. The molecule has 0 aromatic carbocycles. The fourth-order valence-corrected chi connectivity index (χ4v) is 2.12. The second kappa shape index (κ2) is 8.08. The van der Waals surface area contributed by atoms with E-state index in [0.29, 0.717) is 5.92 Å². The van der Waals surface area contributed by atoms with Gasteiger partial charge in [0.1, 0.15) is 6.23 Å². The Morgan fingerprint density at radius 1 is 1.27 bits per heavy atom. The van der Waals surface area contributed by atoms with Crippen LogP contribution in [0.5, 0.6) is 0 Å². The monoisotopic (exact) mass is 217 g/mol. The first-order valence-corrected chi connectivity index (χ1v) is 6.03. The van der Waals surface area contributed by atoms with Crippen LogP contribution in [0.4, 0.5) is 0 Å². The van der Waals surface area contributed by atoms with Crippen molar-refractivity contribution in [2.45, 2.75) is 65.3 Å². The van der Waals surface area contributed by atoms with Crippen molar-refractivity contribution in [3.63, 3.8) is 0 Å². The Labute approximate surface area is 94.2 Å². The van der Waals surface area contributed by atoms with Crippen molar-refractivity contribution in [1.82, 2.24) is 5.32 Å². The van der Waals surface area contributed by atoms with Crippen LogP contribution in [-0.2, 0) is 4.74 Å². The van der Waals surface area contributed by atoms with Crippen molar-refractivity contribution >= 4 is 0 Å². The quantitative estimate of drug-likeness (QED) is 0.612. The summed E-state index contributed by atoms with van der Waals surface area (Å²) in [6.45, 7) is 8.27. The predicted molar refractivity (Wildman–Crippen MR) is 63.8 cm³/mol. The van der Waals surface area contributed by atoms with Crippen LogP contribution in [0.1, 0.15) is 47.0 Å². The highest BCUT2D eigenvalue weighted by molar-refractivity contribution is 4.81. The van der Waals surface area contributed by atoms with Gasteiger partial charge in [-0.2, -0.15) is 0 Å². The number of nitrogens with one attached hydrogen (secondary N) is 1. The van der Waals surface area contributed by atoms with Crippen molar-refractivity contribution in [2.24, 2.45) is 5.92 Å². The standard InChI is InChI=1S/C12H27NO2/c1-6-8-9(3)12(13-10(4)14)11(7-2)15-5/h9-14H,6-8H2,1-5H3. The minimum atomic E-state index is -0.474. The van der Waals surface area contributed by atoms with Gasteiger partial charge in [0.05, 0.1) is 6.10 Å². The van der Waals surface area contributed by atoms with Gasteiger partial charge in [0.25, 0.3) is 0 Å². The molecule has 0 radical (unpaired) electrons. The summed E-state index contributed by atoms with van der Waals surface area (Å²) in [6.07, 6.45) is 3.00. The molecule has 0 aliphatic carbocycles. The SMILES string of the molecule is CCCC(C)C(NC(C)O)C(CC)OC. The van der Waals surface area contributed by atoms with Gasteiger partial charge in [-0.05, 0) is 25.7 Å². The molecule has 4 unspecified atom stereocenters. The van der Waals surface area contributed by atoms with E-state index in [0.717, 1.165) is 12.8 Å². The highest BCUT2D eigenvalue weighted by Crippen LogP contribution is 2.18. The number of hydrogen-bond acceptors (Lipinski definition) is 3. The molecule has 0 spiro atoms. The summed E-state index contributed by atoms with van der Waals surface area (Å²) in [4.78, 5) is 0. The molecule has 4 atom stereocenters. The van der Waals surface area contributed by atoms with E-state index in [1.165, 1.54) is 6.42 Å². The molecule has 0 aliphatic rings. The Kier molecular flexibility index (Phi) is 8.02. The first kappa shape index (κ1) is 14.9. The fraction of sp³-hybridized carbons (Fsp3) is 1.00. The highest BCUT2D eigenvalue weighted by Gasteiger charge is 2.25. The first-order valence-electron chi connectivity index (χ1n) is 6.03. The molecule has 0 saturated heterocycles. The summed E-state index contributed by atoms with van der Waals surface area (Å²) >= 11 is 0. The van der Waals surface area contributed by atoms with Crippen LogP contribution in [0.15, 0.2) is 0 Å². The maximum atomic E-state index is 9.41. The van der Waals surface area contributed by atoms with Crippen LogP contribution in [-0.4, -0.2) is 30.6 Å². The summed E-state index contributed by atoms with van der Waals surface area (Å²) in [7, 11) is 1.74. The zero-order valence-electron chi connectivity index (χ0n) is 10.8. The smallest absolute Gasteiger partial charge is 0.102 e. The van der Waals surface area contributed by atoms with E-state index in [4.69, 9.17) is 4.74 Å². The number of hydrogen-bond donors (Lipinski definition) is 2. The van der Waals surface area contributed by atoms with Gasteiger partial charge in [0.2, 0.25) is 0 Å². The normalized spacial score (nSPS) is 19.6. The maximum absolute atomic E-state index is 9.41. The average molecular weight is 217 g/mol. The summed E-state index contributed by atoms with van der Waals surface area (Å²) in [5, 5.41) is 12.6. The number of aliphatic hydroxyl groups excluding tert-OH is 1. The molecular weight excluding hydrogens is 190 g/mol. The zero-order chi connectivity index (χ0) is 11.8. The van der Waals surface area contributed by atoms with Gasteiger partial charge in [0.15, 0.2) is 0 Å². The third-order valence-electron chi connectivity index (χ3n) is 2.90. The number of methoxy groups -OCH3 is 1. The van der Waals surface area contributed by atoms with Crippen LogP contribution in [0.25, 0.3) is 0 Å². The predicted octanol–water partition coefficient (Wildman–Crippen LogP) is 2.14. The van der Waals surface area contributed by atoms with Crippen molar-refractivity contribution < 1.29 is 9.84 Å². The van der Waals surface area contributed by atoms with Gasteiger partial charge in [-0.25, -0.2) is 0 Å². The molecule has 0 fully saturated rings. The largest absolute Gasteiger partial charge is 0.380 e. The van der Waals surface area contributed by atoms with Gasteiger partial charge < -0.3 is 9.84 Å². The number of rotatable bonds is 8. The maximum Gasteiger partial charge on any atom is 0.102 e. The van der Waals surface area contributed by atoms with E-state index in [2.05, 4.69) is 26.1 Å². The Hall–Kier alpha value is -0.120. The van der Waals surface area contributed by atoms with E-state index < -0.39 is 6.23 Å². The number of ether oxygens (including phenoxy) is 1. The van der Waals surface area contributed by atoms with E-state index in [9.17, 15) is 5.11 Å². The van der Waals surface area contributed by atoms with Crippen LogP contribution in [0, 0.1) is 5.92 Å². The molecule has 3 nitrogen and oxygen atoms in total. The van der Waals surface area contributed by atoms with E-state index in [1.807, 2.05) is 0 Å². The molecule has 0 rings (SSSR count). The Balaban J connectivity index is 4.39. The van der Waals surface area contributed by atoms with Gasteiger partial charge in [0, 0.05) is 13.2 Å². The van der Waals surface area contributed by atoms with E-state index in [1.54, 1.807) is 14.0 Å². The Bertz CT molecular complexity index is 147. The molecule has 2 N–H and O–H groups in total. The summed E-state index contributed by atoms with van der Waals surface area (Å²) in [6, 6.07) is 0.236.